The van der Waals surface area contributed by atoms with Gasteiger partial charge in [0.1, 0.15) is 5.76 Å². The minimum atomic E-state index is -0.673. The molecule has 0 atom stereocenters. The molecule has 4 aromatic rings. The fourth-order valence-corrected chi connectivity index (χ4v) is 3.80. The van der Waals surface area contributed by atoms with Crippen molar-refractivity contribution in [1.29, 1.82) is 0 Å². The molecule has 0 bridgehead atoms. The Morgan fingerprint density at radius 2 is 1.54 bits per heavy atom. The quantitative estimate of drug-likeness (QED) is 0.400. The Hall–Kier alpha value is -4.59. The number of para-hydroxylation sites is 1. The van der Waals surface area contributed by atoms with E-state index < -0.39 is 11.9 Å². The van der Waals surface area contributed by atoms with Crippen molar-refractivity contribution in [3.05, 3.63) is 87.6 Å². The van der Waals surface area contributed by atoms with E-state index in [2.05, 4.69) is 5.32 Å². The Kier molecular flexibility index (Phi) is 6.55. The van der Waals surface area contributed by atoms with E-state index in [4.69, 9.17) is 18.6 Å². The van der Waals surface area contributed by atoms with Gasteiger partial charge in [-0.2, -0.15) is 0 Å². The molecule has 178 valence electrons. The average molecular weight is 473 g/mol. The molecule has 1 aromatic heterocycles. The lowest BCUT2D eigenvalue weighted by Crippen LogP contribution is -2.17. The molecule has 0 aliphatic carbocycles. The molecular formula is C27H23NO7. The highest BCUT2D eigenvalue weighted by Gasteiger charge is 2.22. The Morgan fingerprint density at radius 3 is 2.20 bits per heavy atom. The molecule has 1 amide bonds. The fourth-order valence-electron chi connectivity index (χ4n) is 3.80. The number of carbonyl (C=O) groups is 2. The molecule has 0 aliphatic rings. The van der Waals surface area contributed by atoms with Crippen molar-refractivity contribution in [2.75, 3.05) is 26.6 Å². The highest BCUT2D eigenvalue weighted by Crippen LogP contribution is 2.34. The molecule has 0 spiro atoms. The number of amides is 1. The minimum Gasteiger partial charge on any atom is -0.493 e. The second kappa shape index (κ2) is 9.72. The van der Waals surface area contributed by atoms with Gasteiger partial charge in [0.05, 0.1) is 43.5 Å². The van der Waals surface area contributed by atoms with Gasteiger partial charge < -0.3 is 23.9 Å². The first-order valence-corrected chi connectivity index (χ1v) is 10.7. The van der Waals surface area contributed by atoms with Gasteiger partial charge in [-0.3, -0.25) is 9.59 Å². The summed E-state index contributed by atoms with van der Waals surface area (Å²) in [6, 6.07) is 16.8. The monoisotopic (exact) mass is 473 g/mol. The molecule has 1 N–H and O–H groups in total. The van der Waals surface area contributed by atoms with E-state index in [9.17, 15) is 14.4 Å². The van der Waals surface area contributed by atoms with Gasteiger partial charge in [-0.15, -0.1) is 0 Å². The molecule has 3 aromatic carbocycles. The first-order chi connectivity index (χ1) is 16.9. The number of anilines is 1. The van der Waals surface area contributed by atoms with Gasteiger partial charge in [-0.05, 0) is 19.1 Å². The van der Waals surface area contributed by atoms with Crippen LogP contribution < -0.4 is 20.2 Å². The maximum atomic E-state index is 13.4. The maximum Gasteiger partial charge on any atom is 0.340 e. The van der Waals surface area contributed by atoms with Crippen molar-refractivity contribution in [2.45, 2.75) is 6.92 Å². The van der Waals surface area contributed by atoms with Crippen LogP contribution in [-0.2, 0) is 4.74 Å². The normalized spacial score (nSPS) is 10.6. The van der Waals surface area contributed by atoms with E-state index in [0.717, 1.165) is 0 Å². The lowest BCUT2D eigenvalue weighted by Gasteiger charge is -2.15. The van der Waals surface area contributed by atoms with Crippen LogP contribution in [0.1, 0.15) is 26.3 Å². The van der Waals surface area contributed by atoms with Crippen molar-refractivity contribution in [3.63, 3.8) is 0 Å². The van der Waals surface area contributed by atoms with Crippen LogP contribution in [0.3, 0.4) is 0 Å². The Bertz CT molecular complexity index is 1490. The molecule has 0 unspecified atom stereocenters. The van der Waals surface area contributed by atoms with Gasteiger partial charge in [0, 0.05) is 23.3 Å². The first-order valence-electron chi connectivity index (χ1n) is 10.7. The third-order valence-electron chi connectivity index (χ3n) is 5.60. The van der Waals surface area contributed by atoms with Gasteiger partial charge in [-0.1, -0.05) is 36.4 Å². The van der Waals surface area contributed by atoms with Gasteiger partial charge in [0.25, 0.3) is 5.91 Å². The summed E-state index contributed by atoms with van der Waals surface area (Å²) in [6.45, 7) is 1.69. The van der Waals surface area contributed by atoms with Crippen LogP contribution in [0.25, 0.3) is 22.3 Å². The number of benzene rings is 3. The topological polar surface area (TPSA) is 104 Å². The molecule has 35 heavy (non-hydrogen) atoms. The van der Waals surface area contributed by atoms with Gasteiger partial charge >= 0.3 is 5.97 Å². The summed E-state index contributed by atoms with van der Waals surface area (Å²) < 4.78 is 21.6. The molecule has 0 saturated carbocycles. The summed E-state index contributed by atoms with van der Waals surface area (Å²) in [7, 11) is 4.10. The lowest BCUT2D eigenvalue weighted by atomic mass is 10.0. The van der Waals surface area contributed by atoms with E-state index in [1.807, 2.05) is 30.3 Å². The highest BCUT2D eigenvalue weighted by atomic mass is 16.5. The Labute approximate surface area is 201 Å². The number of nitrogens with one attached hydrogen (secondary N) is 1. The summed E-state index contributed by atoms with van der Waals surface area (Å²) in [4.78, 5) is 38.9. The molecule has 4 rings (SSSR count). The number of esters is 1. The summed E-state index contributed by atoms with van der Waals surface area (Å²) in [5.74, 6) is -0.275. The van der Waals surface area contributed by atoms with Crippen molar-refractivity contribution in [1.82, 2.24) is 0 Å². The van der Waals surface area contributed by atoms with Crippen LogP contribution in [0, 0.1) is 6.92 Å². The highest BCUT2D eigenvalue weighted by molar-refractivity contribution is 6.13. The Morgan fingerprint density at radius 1 is 0.857 bits per heavy atom. The minimum absolute atomic E-state index is 0.0704. The third kappa shape index (κ3) is 4.33. The number of carbonyl (C=O) groups excluding carboxylic acids is 2. The van der Waals surface area contributed by atoms with Crippen molar-refractivity contribution in [3.8, 4) is 22.8 Å². The van der Waals surface area contributed by atoms with Crippen molar-refractivity contribution in [2.24, 2.45) is 0 Å². The van der Waals surface area contributed by atoms with Gasteiger partial charge in [0.2, 0.25) is 0 Å². The number of hydrogen-bond acceptors (Lipinski definition) is 7. The SMILES string of the molecule is COC(=O)c1cc(OC)c(OC)cc1NC(=O)c1cccc2c(=O)c(C)c(-c3ccccc3)oc12. The van der Waals surface area contributed by atoms with Crippen LogP contribution >= 0.6 is 0 Å². The van der Waals surface area contributed by atoms with Crippen LogP contribution in [0.2, 0.25) is 0 Å². The maximum absolute atomic E-state index is 13.4. The van der Waals surface area contributed by atoms with Gasteiger partial charge in [0.15, 0.2) is 22.5 Å². The zero-order chi connectivity index (χ0) is 25.1. The van der Waals surface area contributed by atoms with Crippen LogP contribution in [0.4, 0.5) is 5.69 Å². The number of ether oxygens (including phenoxy) is 3. The average Bonchev–Trinajstić information content (AvgIpc) is 2.90. The molecular weight excluding hydrogens is 450 g/mol. The van der Waals surface area contributed by atoms with Crippen LogP contribution in [-0.4, -0.2) is 33.2 Å². The largest absolute Gasteiger partial charge is 0.493 e. The summed E-state index contributed by atoms with van der Waals surface area (Å²) in [5, 5.41) is 2.99. The van der Waals surface area contributed by atoms with E-state index >= 15 is 0 Å². The molecule has 0 fully saturated rings. The van der Waals surface area contributed by atoms with E-state index in [0.29, 0.717) is 28.4 Å². The lowest BCUT2D eigenvalue weighted by molar-refractivity contribution is 0.0601. The predicted octanol–water partition coefficient (Wildman–Crippen LogP) is 4.82. The number of hydrogen-bond donors (Lipinski definition) is 1. The third-order valence-corrected chi connectivity index (χ3v) is 5.60. The smallest absolute Gasteiger partial charge is 0.340 e. The van der Waals surface area contributed by atoms with Gasteiger partial charge in [-0.25, -0.2) is 4.79 Å². The number of fused-ring (bicyclic) bond motifs is 1. The fraction of sp³-hybridized carbons (Fsp3) is 0.148. The van der Waals surface area contributed by atoms with E-state index in [-0.39, 0.29) is 33.2 Å². The predicted molar refractivity (Wildman–Crippen MR) is 131 cm³/mol. The standard InChI is InChI=1S/C27H23NO7/c1-15-23(29)17-11-8-12-18(25(17)35-24(15)16-9-6-5-7-10-16)26(30)28-20-14-22(33-3)21(32-2)13-19(20)27(31)34-4/h5-14H,1-4H3,(H,28,30). The number of rotatable bonds is 6. The molecule has 1 heterocycles. The van der Waals surface area contributed by atoms with Crippen LogP contribution in [0.5, 0.6) is 11.5 Å². The first kappa shape index (κ1) is 23.6. The summed E-state index contributed by atoms with van der Waals surface area (Å²) in [6.07, 6.45) is 0. The molecule has 8 heteroatoms. The van der Waals surface area contributed by atoms with E-state index in [1.165, 1.54) is 33.5 Å². The molecule has 0 radical (unpaired) electrons. The second-order valence-corrected chi connectivity index (χ2v) is 7.63. The van der Waals surface area contributed by atoms with E-state index in [1.54, 1.807) is 25.1 Å². The zero-order valence-electron chi connectivity index (χ0n) is 19.6. The summed E-state index contributed by atoms with van der Waals surface area (Å²) >= 11 is 0. The zero-order valence-corrected chi connectivity index (χ0v) is 19.6. The van der Waals surface area contributed by atoms with Crippen LogP contribution in [0.15, 0.2) is 69.9 Å². The molecule has 8 nitrogen and oxygen atoms in total. The van der Waals surface area contributed by atoms with Crippen molar-refractivity contribution >= 4 is 28.5 Å². The summed E-state index contributed by atoms with van der Waals surface area (Å²) in [5.41, 5.74) is 1.40. The number of methoxy groups -OCH3 is 3. The second-order valence-electron chi connectivity index (χ2n) is 7.63. The Balaban J connectivity index is 1.85. The molecule has 0 aliphatic heterocycles. The van der Waals surface area contributed by atoms with Crippen molar-refractivity contribution < 1.29 is 28.2 Å². The molecule has 0 saturated heterocycles.